The van der Waals surface area contributed by atoms with Crippen molar-refractivity contribution in [3.63, 3.8) is 0 Å². The highest BCUT2D eigenvalue weighted by Gasteiger charge is 2.31. The van der Waals surface area contributed by atoms with Crippen molar-refractivity contribution in [1.82, 2.24) is 5.32 Å². The SMILES string of the molecule is FC(F)(F)Oc1ccc(C2COCCN2)cc1. The first-order valence-corrected chi connectivity index (χ1v) is 5.21. The lowest BCUT2D eigenvalue weighted by atomic mass is 10.1. The molecular formula is C11H12F3NO2. The summed E-state index contributed by atoms with van der Waals surface area (Å²) in [6, 6.07) is 5.85. The van der Waals surface area contributed by atoms with Crippen molar-refractivity contribution in [3.8, 4) is 5.75 Å². The second-order valence-electron chi connectivity index (χ2n) is 3.70. The molecule has 1 aromatic carbocycles. The standard InChI is InChI=1S/C11H12F3NO2/c12-11(13,14)17-9-3-1-8(2-4-9)10-7-16-6-5-15-10/h1-4,10,15H,5-7H2. The third-order valence-corrected chi connectivity index (χ3v) is 2.44. The number of halogens is 3. The lowest BCUT2D eigenvalue weighted by Crippen LogP contribution is -2.34. The number of rotatable bonds is 2. The van der Waals surface area contributed by atoms with Gasteiger partial charge in [-0.15, -0.1) is 13.2 Å². The van der Waals surface area contributed by atoms with Crippen molar-refractivity contribution in [3.05, 3.63) is 29.8 Å². The van der Waals surface area contributed by atoms with E-state index in [4.69, 9.17) is 4.74 Å². The maximum Gasteiger partial charge on any atom is 0.573 e. The van der Waals surface area contributed by atoms with Crippen LogP contribution in [0.25, 0.3) is 0 Å². The Morgan fingerprint density at radius 2 is 1.94 bits per heavy atom. The molecule has 3 nitrogen and oxygen atoms in total. The van der Waals surface area contributed by atoms with Crippen LogP contribution in [0.15, 0.2) is 24.3 Å². The van der Waals surface area contributed by atoms with Crippen LogP contribution in [0.1, 0.15) is 11.6 Å². The van der Waals surface area contributed by atoms with Crippen LogP contribution in [0.5, 0.6) is 5.75 Å². The van der Waals surface area contributed by atoms with Crippen LogP contribution in [0.3, 0.4) is 0 Å². The molecule has 2 rings (SSSR count). The number of benzene rings is 1. The Kier molecular flexibility index (Phi) is 3.54. The van der Waals surface area contributed by atoms with E-state index in [-0.39, 0.29) is 11.8 Å². The van der Waals surface area contributed by atoms with E-state index in [2.05, 4.69) is 10.1 Å². The molecule has 1 aliphatic heterocycles. The average Bonchev–Trinajstić information content (AvgIpc) is 2.29. The quantitative estimate of drug-likeness (QED) is 0.869. The summed E-state index contributed by atoms with van der Waals surface area (Å²) in [4.78, 5) is 0. The van der Waals surface area contributed by atoms with Crippen molar-refractivity contribution in [1.29, 1.82) is 0 Å². The van der Waals surface area contributed by atoms with Gasteiger partial charge in [-0.3, -0.25) is 0 Å². The second-order valence-corrected chi connectivity index (χ2v) is 3.70. The fourth-order valence-electron chi connectivity index (χ4n) is 1.68. The minimum atomic E-state index is -4.65. The zero-order valence-corrected chi connectivity index (χ0v) is 8.96. The van der Waals surface area contributed by atoms with Gasteiger partial charge >= 0.3 is 6.36 Å². The zero-order chi connectivity index (χ0) is 12.3. The maximum absolute atomic E-state index is 11.9. The number of morpholine rings is 1. The fourth-order valence-corrected chi connectivity index (χ4v) is 1.68. The molecule has 0 bridgehead atoms. The molecular weight excluding hydrogens is 235 g/mol. The van der Waals surface area contributed by atoms with Gasteiger partial charge in [0.15, 0.2) is 0 Å². The Morgan fingerprint density at radius 3 is 2.47 bits per heavy atom. The van der Waals surface area contributed by atoms with E-state index < -0.39 is 6.36 Å². The summed E-state index contributed by atoms with van der Waals surface area (Å²) < 4.78 is 44.9. The van der Waals surface area contributed by atoms with E-state index in [9.17, 15) is 13.2 Å². The molecule has 6 heteroatoms. The molecule has 1 N–H and O–H groups in total. The second kappa shape index (κ2) is 4.93. The largest absolute Gasteiger partial charge is 0.573 e. The van der Waals surface area contributed by atoms with E-state index in [0.717, 1.165) is 12.1 Å². The van der Waals surface area contributed by atoms with Crippen LogP contribution in [0, 0.1) is 0 Å². The zero-order valence-electron chi connectivity index (χ0n) is 8.96. The van der Waals surface area contributed by atoms with Gasteiger partial charge in [-0.2, -0.15) is 0 Å². The van der Waals surface area contributed by atoms with Crippen LogP contribution in [0.4, 0.5) is 13.2 Å². The Bertz CT molecular complexity index is 358. The van der Waals surface area contributed by atoms with Gasteiger partial charge in [-0.25, -0.2) is 0 Å². The van der Waals surface area contributed by atoms with Crippen LogP contribution < -0.4 is 10.1 Å². The summed E-state index contributed by atoms with van der Waals surface area (Å²) in [7, 11) is 0. The molecule has 1 unspecified atom stereocenters. The predicted octanol–water partition coefficient (Wildman–Crippen LogP) is 2.25. The molecule has 1 saturated heterocycles. The lowest BCUT2D eigenvalue weighted by Gasteiger charge is -2.24. The van der Waals surface area contributed by atoms with Gasteiger partial charge in [-0.05, 0) is 17.7 Å². The highest BCUT2D eigenvalue weighted by molar-refractivity contribution is 5.29. The summed E-state index contributed by atoms with van der Waals surface area (Å²) in [5, 5.41) is 3.22. The van der Waals surface area contributed by atoms with Gasteiger partial charge in [0, 0.05) is 6.54 Å². The lowest BCUT2D eigenvalue weighted by molar-refractivity contribution is -0.274. The van der Waals surface area contributed by atoms with Gasteiger partial charge in [0.2, 0.25) is 0 Å². The van der Waals surface area contributed by atoms with Gasteiger partial charge in [0.25, 0.3) is 0 Å². The molecule has 1 aliphatic rings. The molecule has 0 aromatic heterocycles. The fraction of sp³-hybridized carbons (Fsp3) is 0.455. The first-order valence-electron chi connectivity index (χ1n) is 5.21. The Labute approximate surface area is 96.5 Å². The number of ether oxygens (including phenoxy) is 2. The maximum atomic E-state index is 11.9. The third kappa shape index (κ3) is 3.61. The number of hydrogen-bond donors (Lipinski definition) is 1. The smallest absolute Gasteiger partial charge is 0.406 e. The molecule has 1 fully saturated rings. The topological polar surface area (TPSA) is 30.5 Å². The molecule has 1 heterocycles. The molecule has 1 aromatic rings. The summed E-state index contributed by atoms with van der Waals surface area (Å²) in [6.45, 7) is 1.93. The normalized spacial score (nSPS) is 21.2. The Hall–Kier alpha value is -1.27. The van der Waals surface area contributed by atoms with E-state index in [1.807, 2.05) is 0 Å². The molecule has 0 spiro atoms. The summed E-state index contributed by atoms with van der Waals surface area (Å²) in [6.07, 6.45) is -4.65. The molecule has 0 radical (unpaired) electrons. The van der Waals surface area contributed by atoms with E-state index in [1.54, 1.807) is 12.1 Å². The van der Waals surface area contributed by atoms with Crippen molar-refractivity contribution in [2.45, 2.75) is 12.4 Å². The molecule has 17 heavy (non-hydrogen) atoms. The number of hydrogen-bond acceptors (Lipinski definition) is 3. The summed E-state index contributed by atoms with van der Waals surface area (Å²) in [5.41, 5.74) is 0.888. The molecule has 0 saturated carbocycles. The highest BCUT2D eigenvalue weighted by Crippen LogP contribution is 2.24. The summed E-state index contributed by atoms with van der Waals surface area (Å²) in [5.74, 6) is -0.210. The van der Waals surface area contributed by atoms with Gasteiger partial charge < -0.3 is 14.8 Å². The predicted molar refractivity (Wildman–Crippen MR) is 54.7 cm³/mol. The minimum Gasteiger partial charge on any atom is -0.406 e. The van der Waals surface area contributed by atoms with Crippen LogP contribution >= 0.6 is 0 Å². The molecule has 0 amide bonds. The van der Waals surface area contributed by atoms with Crippen LogP contribution in [-0.2, 0) is 4.74 Å². The first-order chi connectivity index (χ1) is 8.04. The van der Waals surface area contributed by atoms with Crippen molar-refractivity contribution in [2.24, 2.45) is 0 Å². The van der Waals surface area contributed by atoms with Crippen LogP contribution in [-0.4, -0.2) is 26.1 Å². The molecule has 0 aliphatic carbocycles. The number of alkyl halides is 3. The average molecular weight is 247 g/mol. The van der Waals surface area contributed by atoms with Gasteiger partial charge in [-0.1, -0.05) is 12.1 Å². The molecule has 94 valence electrons. The van der Waals surface area contributed by atoms with Crippen LogP contribution in [0.2, 0.25) is 0 Å². The van der Waals surface area contributed by atoms with Gasteiger partial charge in [0.05, 0.1) is 19.3 Å². The highest BCUT2D eigenvalue weighted by atomic mass is 19.4. The minimum absolute atomic E-state index is 0.0312. The Morgan fingerprint density at radius 1 is 1.24 bits per heavy atom. The summed E-state index contributed by atoms with van der Waals surface area (Å²) >= 11 is 0. The molecule has 1 atom stereocenters. The monoisotopic (exact) mass is 247 g/mol. The van der Waals surface area contributed by atoms with E-state index in [1.165, 1.54) is 12.1 Å². The van der Waals surface area contributed by atoms with Crippen molar-refractivity contribution in [2.75, 3.05) is 19.8 Å². The Balaban J connectivity index is 2.02. The van der Waals surface area contributed by atoms with E-state index >= 15 is 0 Å². The number of nitrogens with one attached hydrogen (secondary N) is 1. The van der Waals surface area contributed by atoms with E-state index in [0.29, 0.717) is 13.2 Å². The van der Waals surface area contributed by atoms with Gasteiger partial charge in [0.1, 0.15) is 5.75 Å². The van der Waals surface area contributed by atoms with Crippen molar-refractivity contribution >= 4 is 0 Å². The van der Waals surface area contributed by atoms with Crippen molar-refractivity contribution < 1.29 is 22.6 Å². The third-order valence-electron chi connectivity index (χ3n) is 2.44. The first kappa shape index (κ1) is 12.2.